The Morgan fingerprint density at radius 1 is 0.939 bits per heavy atom. The molecule has 3 N–H and O–H groups in total. The fraction of sp³-hybridized carbons (Fsp3) is 0.115. The third-order valence-corrected chi connectivity index (χ3v) is 5.64. The van der Waals surface area contributed by atoms with Crippen molar-refractivity contribution in [2.45, 2.75) is 13.0 Å². The van der Waals surface area contributed by atoms with Crippen LogP contribution < -0.4 is 15.8 Å². The smallest absolute Gasteiger partial charge is 0.261 e. The lowest BCUT2D eigenvalue weighted by Gasteiger charge is -2.10. The number of nitrogens with two attached hydrogens (primary N) is 1. The zero-order valence-corrected chi connectivity index (χ0v) is 18.2. The molecule has 0 aliphatic heterocycles. The summed E-state index contributed by atoms with van der Waals surface area (Å²) in [6.45, 7) is 0.571. The summed E-state index contributed by atoms with van der Waals surface area (Å²) >= 11 is 0. The van der Waals surface area contributed by atoms with Crippen molar-refractivity contribution in [3.63, 3.8) is 0 Å². The lowest BCUT2D eigenvalue weighted by molar-refractivity contribution is 0.102. The van der Waals surface area contributed by atoms with Gasteiger partial charge in [-0.15, -0.1) is 0 Å². The number of methoxy groups -OCH3 is 1. The molecule has 0 saturated carbocycles. The molecule has 0 saturated heterocycles. The molecule has 33 heavy (non-hydrogen) atoms. The van der Waals surface area contributed by atoms with E-state index in [4.69, 9.17) is 20.4 Å². The van der Waals surface area contributed by atoms with Crippen LogP contribution in [0.4, 0.5) is 11.5 Å². The van der Waals surface area contributed by atoms with E-state index in [1.165, 1.54) is 5.56 Å². The van der Waals surface area contributed by atoms with Crippen LogP contribution in [0.15, 0.2) is 78.9 Å². The average Bonchev–Trinajstić information content (AvgIpc) is 3.12. The van der Waals surface area contributed by atoms with Crippen molar-refractivity contribution < 1.29 is 9.53 Å². The summed E-state index contributed by atoms with van der Waals surface area (Å²) < 4.78 is 7.25. The van der Waals surface area contributed by atoms with Crippen LogP contribution in [-0.4, -0.2) is 27.6 Å². The van der Waals surface area contributed by atoms with E-state index in [1.54, 1.807) is 19.2 Å². The first kappa shape index (κ1) is 20.5. The number of nitrogens with zero attached hydrogens (tertiary/aromatic N) is 3. The highest BCUT2D eigenvalue weighted by Crippen LogP contribution is 2.30. The van der Waals surface area contributed by atoms with Gasteiger partial charge in [0.25, 0.3) is 5.91 Å². The maximum absolute atomic E-state index is 13.4. The van der Waals surface area contributed by atoms with E-state index in [2.05, 4.69) is 17.4 Å². The number of aromatic nitrogens is 3. The molecule has 7 nitrogen and oxygen atoms in total. The summed E-state index contributed by atoms with van der Waals surface area (Å²) in [4.78, 5) is 23.0. The molecule has 0 aliphatic carbocycles. The zero-order chi connectivity index (χ0) is 22.8. The molecule has 0 unspecified atom stereocenters. The minimum Gasteiger partial charge on any atom is -0.495 e. The Morgan fingerprint density at radius 2 is 1.61 bits per heavy atom. The van der Waals surface area contributed by atoms with Gasteiger partial charge in [-0.3, -0.25) is 4.79 Å². The minimum absolute atomic E-state index is 0.308. The molecule has 0 radical (unpaired) electrons. The van der Waals surface area contributed by atoms with Crippen LogP contribution in [0, 0.1) is 0 Å². The second-order valence-electron chi connectivity index (χ2n) is 7.69. The number of fused-ring (bicyclic) bond motifs is 2. The molecule has 7 heteroatoms. The summed E-state index contributed by atoms with van der Waals surface area (Å²) in [5, 5.41) is 2.92. The molecule has 164 valence electrons. The van der Waals surface area contributed by atoms with Crippen molar-refractivity contribution in [1.82, 2.24) is 14.5 Å². The van der Waals surface area contributed by atoms with Crippen LogP contribution in [0.3, 0.4) is 0 Å². The number of anilines is 2. The van der Waals surface area contributed by atoms with Crippen molar-refractivity contribution in [2.24, 2.45) is 0 Å². The topological polar surface area (TPSA) is 95.1 Å². The number of ether oxygens (including phenoxy) is 1. The molecule has 0 atom stereocenters. The number of rotatable bonds is 6. The normalized spacial score (nSPS) is 11.1. The van der Waals surface area contributed by atoms with Gasteiger partial charge in [-0.05, 0) is 36.2 Å². The standard InChI is InChI=1S/C26H23N5O2/c1-33-21-14-8-7-13-20(21)30-26(32)22-23-25(29-19-12-6-5-11-18(19)28-23)31(24(22)27)16-15-17-9-3-2-4-10-17/h2-14H,15-16,27H2,1H3,(H,30,32). The van der Waals surface area contributed by atoms with E-state index >= 15 is 0 Å². The van der Waals surface area contributed by atoms with Crippen LogP contribution in [-0.2, 0) is 13.0 Å². The van der Waals surface area contributed by atoms with Crippen LogP contribution in [0.1, 0.15) is 15.9 Å². The highest BCUT2D eigenvalue weighted by molar-refractivity contribution is 6.16. The van der Waals surface area contributed by atoms with Gasteiger partial charge in [-0.1, -0.05) is 54.6 Å². The highest BCUT2D eigenvalue weighted by atomic mass is 16.5. The summed E-state index contributed by atoms with van der Waals surface area (Å²) in [5.74, 6) is 0.544. The predicted molar refractivity (Wildman–Crippen MR) is 131 cm³/mol. The van der Waals surface area contributed by atoms with E-state index in [0.717, 1.165) is 11.9 Å². The van der Waals surface area contributed by atoms with Crippen LogP contribution >= 0.6 is 0 Å². The molecule has 2 heterocycles. The average molecular weight is 438 g/mol. The fourth-order valence-electron chi connectivity index (χ4n) is 3.99. The maximum atomic E-state index is 13.4. The summed E-state index contributed by atoms with van der Waals surface area (Å²) in [5.41, 5.74) is 11.1. The van der Waals surface area contributed by atoms with Crippen LogP contribution in [0.2, 0.25) is 0 Å². The quantitative estimate of drug-likeness (QED) is 0.403. The van der Waals surface area contributed by atoms with E-state index in [1.807, 2.05) is 59.2 Å². The van der Waals surface area contributed by atoms with E-state index in [9.17, 15) is 4.79 Å². The van der Waals surface area contributed by atoms with E-state index in [0.29, 0.717) is 46.0 Å². The van der Waals surface area contributed by atoms with E-state index in [-0.39, 0.29) is 5.91 Å². The first-order valence-electron chi connectivity index (χ1n) is 10.7. The summed E-state index contributed by atoms with van der Waals surface area (Å²) in [7, 11) is 1.56. The molecular weight excluding hydrogens is 414 g/mol. The van der Waals surface area contributed by atoms with Crippen molar-refractivity contribution in [2.75, 3.05) is 18.2 Å². The molecule has 2 aromatic heterocycles. The van der Waals surface area contributed by atoms with Crippen LogP contribution in [0.5, 0.6) is 5.75 Å². The Kier molecular flexibility index (Phi) is 5.36. The van der Waals surface area contributed by atoms with E-state index < -0.39 is 0 Å². The summed E-state index contributed by atoms with van der Waals surface area (Å²) in [6, 6.07) is 25.0. The van der Waals surface area contributed by atoms with Gasteiger partial charge in [0.05, 0.1) is 23.8 Å². The van der Waals surface area contributed by atoms with Crippen molar-refractivity contribution in [3.05, 3.63) is 90.0 Å². The van der Waals surface area contributed by atoms with Crippen molar-refractivity contribution in [3.8, 4) is 5.75 Å². The monoisotopic (exact) mass is 437 g/mol. The van der Waals surface area contributed by atoms with Gasteiger partial charge in [-0.25, -0.2) is 9.97 Å². The van der Waals surface area contributed by atoms with Gasteiger partial charge in [0.2, 0.25) is 0 Å². The number of carbonyl (C=O) groups is 1. The molecule has 0 spiro atoms. The Balaban J connectivity index is 1.61. The number of nitrogen functional groups attached to an aromatic ring is 1. The first-order chi connectivity index (χ1) is 16.2. The zero-order valence-electron chi connectivity index (χ0n) is 18.2. The lowest BCUT2D eigenvalue weighted by atomic mass is 10.1. The largest absolute Gasteiger partial charge is 0.495 e. The number of para-hydroxylation sites is 4. The minimum atomic E-state index is -0.356. The highest BCUT2D eigenvalue weighted by Gasteiger charge is 2.24. The third kappa shape index (κ3) is 3.85. The third-order valence-electron chi connectivity index (χ3n) is 5.64. The number of nitrogens with one attached hydrogen (secondary N) is 1. The molecule has 3 aromatic carbocycles. The molecule has 0 bridgehead atoms. The SMILES string of the molecule is COc1ccccc1NC(=O)c1c(N)n(CCc2ccccc2)c2nc3ccccc3nc12. The number of hydrogen-bond donors (Lipinski definition) is 2. The van der Waals surface area contributed by atoms with Crippen molar-refractivity contribution in [1.29, 1.82) is 0 Å². The number of hydrogen-bond acceptors (Lipinski definition) is 5. The Labute approximate surface area is 190 Å². The second kappa shape index (κ2) is 8.63. The molecule has 1 amide bonds. The first-order valence-corrected chi connectivity index (χ1v) is 10.7. The molecule has 5 aromatic rings. The predicted octanol–water partition coefficient (Wildman–Crippen LogP) is 4.67. The van der Waals surface area contributed by atoms with Gasteiger partial charge < -0.3 is 20.4 Å². The maximum Gasteiger partial charge on any atom is 0.261 e. The van der Waals surface area contributed by atoms with Gasteiger partial charge in [-0.2, -0.15) is 0 Å². The molecular formula is C26H23N5O2. The number of amides is 1. The number of aryl methyl sites for hydroxylation is 2. The number of carbonyl (C=O) groups excluding carboxylic acids is 1. The molecule has 5 rings (SSSR count). The Bertz CT molecular complexity index is 1460. The van der Waals surface area contributed by atoms with Gasteiger partial charge >= 0.3 is 0 Å². The van der Waals surface area contributed by atoms with Crippen LogP contribution in [0.25, 0.3) is 22.2 Å². The van der Waals surface area contributed by atoms with Gasteiger partial charge in [0.1, 0.15) is 22.6 Å². The number of benzene rings is 3. The van der Waals surface area contributed by atoms with Gasteiger partial charge in [0.15, 0.2) is 5.65 Å². The summed E-state index contributed by atoms with van der Waals surface area (Å²) in [6.07, 6.45) is 0.747. The van der Waals surface area contributed by atoms with Crippen molar-refractivity contribution >= 4 is 39.6 Å². The lowest BCUT2D eigenvalue weighted by Crippen LogP contribution is -2.15. The van der Waals surface area contributed by atoms with Gasteiger partial charge in [0, 0.05) is 6.54 Å². The molecule has 0 fully saturated rings. The fourth-order valence-corrected chi connectivity index (χ4v) is 3.99. The molecule has 0 aliphatic rings. The Hall–Kier alpha value is -4.39. The second-order valence-corrected chi connectivity index (χ2v) is 7.69. The Morgan fingerprint density at radius 3 is 2.36 bits per heavy atom.